The number of piperidine rings is 1. The Bertz CT molecular complexity index is 832. The monoisotopic (exact) mass is 410 g/mol. The second kappa shape index (κ2) is 9.27. The smallest absolute Gasteiger partial charge is 0.304 e. The summed E-state index contributed by atoms with van der Waals surface area (Å²) in [6.45, 7) is 3.41. The van der Waals surface area contributed by atoms with Gasteiger partial charge in [-0.05, 0) is 67.4 Å². The van der Waals surface area contributed by atoms with Crippen LogP contribution in [0.3, 0.4) is 0 Å². The summed E-state index contributed by atoms with van der Waals surface area (Å²) >= 11 is 0. The van der Waals surface area contributed by atoms with Crippen molar-refractivity contribution < 1.29 is 14.3 Å². The van der Waals surface area contributed by atoms with Crippen LogP contribution < -0.4 is 5.32 Å². The molecule has 0 amide bonds. The van der Waals surface area contributed by atoms with Gasteiger partial charge in [-0.3, -0.25) is 4.79 Å². The zero-order valence-corrected chi connectivity index (χ0v) is 17.4. The van der Waals surface area contributed by atoms with Gasteiger partial charge >= 0.3 is 5.97 Å². The third kappa shape index (κ3) is 5.46. The van der Waals surface area contributed by atoms with E-state index in [-0.39, 0.29) is 17.7 Å². The van der Waals surface area contributed by atoms with Crippen molar-refractivity contribution in [1.29, 1.82) is 0 Å². The van der Waals surface area contributed by atoms with E-state index in [0.717, 1.165) is 38.9 Å². The maximum absolute atomic E-state index is 13.4. The number of hydrogen-bond acceptors (Lipinski definition) is 3. The van der Waals surface area contributed by atoms with Crippen LogP contribution in [0.15, 0.2) is 54.6 Å². The number of carboxylic acid groups (broad SMARTS) is 1. The van der Waals surface area contributed by atoms with Crippen LogP contribution in [0.1, 0.15) is 42.7 Å². The Kier molecular flexibility index (Phi) is 6.49. The highest BCUT2D eigenvalue weighted by Crippen LogP contribution is 2.42. The Balaban J connectivity index is 1.38. The van der Waals surface area contributed by atoms with Crippen molar-refractivity contribution in [2.45, 2.75) is 44.1 Å². The van der Waals surface area contributed by atoms with Gasteiger partial charge in [-0.2, -0.15) is 0 Å². The van der Waals surface area contributed by atoms with Crippen LogP contribution in [0, 0.1) is 11.2 Å². The van der Waals surface area contributed by atoms with Gasteiger partial charge in [-0.15, -0.1) is 0 Å². The van der Waals surface area contributed by atoms with Gasteiger partial charge in [0.15, 0.2) is 0 Å². The predicted octanol–water partition coefficient (Wildman–Crippen LogP) is 4.07. The maximum Gasteiger partial charge on any atom is 0.304 e. The normalized spacial score (nSPS) is 23.2. The molecule has 1 aliphatic heterocycles. The number of hydrogen-bond donors (Lipinski definition) is 2. The van der Waals surface area contributed by atoms with E-state index in [1.807, 2.05) is 12.1 Å². The van der Waals surface area contributed by atoms with Crippen LogP contribution in [0.5, 0.6) is 0 Å². The molecule has 30 heavy (non-hydrogen) atoms. The number of halogens is 1. The number of aliphatic carboxylic acids is 1. The average Bonchev–Trinajstić information content (AvgIpc) is 3.54. The number of nitrogens with zero attached hydrogens (tertiary/aromatic N) is 1. The fourth-order valence-electron chi connectivity index (χ4n) is 4.79. The molecule has 5 heteroatoms. The molecule has 2 aromatic rings. The molecule has 1 aliphatic carbocycles. The molecule has 2 unspecified atom stereocenters. The third-order valence-corrected chi connectivity index (χ3v) is 6.81. The van der Waals surface area contributed by atoms with Gasteiger partial charge in [0.05, 0.1) is 6.42 Å². The van der Waals surface area contributed by atoms with E-state index in [2.05, 4.69) is 40.5 Å². The molecule has 2 N–H and O–H groups in total. The van der Waals surface area contributed by atoms with Crippen molar-refractivity contribution in [3.63, 3.8) is 0 Å². The second-order valence-corrected chi connectivity index (χ2v) is 9.03. The first-order valence-corrected chi connectivity index (χ1v) is 11.0. The summed E-state index contributed by atoms with van der Waals surface area (Å²) in [6, 6.07) is 18.1. The molecule has 0 radical (unpaired) electrons. The molecule has 2 fully saturated rings. The van der Waals surface area contributed by atoms with Gasteiger partial charge < -0.3 is 15.3 Å². The van der Waals surface area contributed by atoms with Gasteiger partial charge in [0.2, 0.25) is 0 Å². The largest absolute Gasteiger partial charge is 0.481 e. The summed E-state index contributed by atoms with van der Waals surface area (Å²) in [6.07, 6.45) is 4.36. The lowest BCUT2D eigenvalue weighted by molar-refractivity contribution is -0.137. The Morgan fingerprint density at radius 1 is 1.10 bits per heavy atom. The number of benzene rings is 2. The number of rotatable bonds is 9. The Labute approximate surface area is 178 Å². The summed E-state index contributed by atoms with van der Waals surface area (Å²) in [5.74, 6) is -0.330. The minimum Gasteiger partial charge on any atom is -0.481 e. The molecular formula is C25H31FN2O2. The lowest BCUT2D eigenvalue weighted by Crippen LogP contribution is -2.47. The molecule has 2 aliphatic rings. The summed E-state index contributed by atoms with van der Waals surface area (Å²) in [7, 11) is 0. The van der Waals surface area contributed by atoms with Crippen LogP contribution in [0.25, 0.3) is 0 Å². The van der Waals surface area contributed by atoms with Crippen molar-refractivity contribution in [3.8, 4) is 0 Å². The first-order valence-electron chi connectivity index (χ1n) is 11.0. The summed E-state index contributed by atoms with van der Waals surface area (Å²) in [5.41, 5.74) is 2.71. The SMILES string of the molecule is O=C(O)CCN1CCC(CNC2CC2c2ccccc2)(Cc2ccc(F)cc2)CC1. The van der Waals surface area contributed by atoms with E-state index in [9.17, 15) is 9.18 Å². The van der Waals surface area contributed by atoms with Crippen LogP contribution in [0.4, 0.5) is 4.39 Å². The highest BCUT2D eigenvalue weighted by Gasteiger charge is 2.41. The number of carboxylic acids is 1. The van der Waals surface area contributed by atoms with Gasteiger partial charge in [-0.25, -0.2) is 4.39 Å². The molecule has 4 nitrogen and oxygen atoms in total. The zero-order valence-electron chi connectivity index (χ0n) is 17.4. The third-order valence-electron chi connectivity index (χ3n) is 6.81. The first kappa shape index (κ1) is 21.0. The van der Waals surface area contributed by atoms with Crippen molar-refractivity contribution in [3.05, 3.63) is 71.5 Å². The minimum atomic E-state index is -0.736. The molecule has 0 bridgehead atoms. The van der Waals surface area contributed by atoms with Crippen molar-refractivity contribution in [2.24, 2.45) is 5.41 Å². The molecule has 1 saturated carbocycles. The molecule has 4 rings (SSSR count). The van der Waals surface area contributed by atoms with Gasteiger partial charge in [0.25, 0.3) is 0 Å². The minimum absolute atomic E-state index is 0.126. The lowest BCUT2D eigenvalue weighted by atomic mass is 9.73. The summed E-state index contributed by atoms with van der Waals surface area (Å²) < 4.78 is 13.4. The van der Waals surface area contributed by atoms with Crippen LogP contribution >= 0.6 is 0 Å². The van der Waals surface area contributed by atoms with Crippen molar-refractivity contribution in [1.82, 2.24) is 10.2 Å². The van der Waals surface area contributed by atoms with Gasteiger partial charge in [0.1, 0.15) is 5.82 Å². The van der Waals surface area contributed by atoms with Crippen molar-refractivity contribution in [2.75, 3.05) is 26.2 Å². The average molecular weight is 411 g/mol. The van der Waals surface area contributed by atoms with E-state index in [1.54, 1.807) is 12.1 Å². The Morgan fingerprint density at radius 2 is 1.80 bits per heavy atom. The Morgan fingerprint density at radius 3 is 2.47 bits per heavy atom. The molecule has 0 aromatic heterocycles. The predicted molar refractivity (Wildman–Crippen MR) is 116 cm³/mol. The van der Waals surface area contributed by atoms with Crippen LogP contribution in [-0.2, 0) is 11.2 Å². The molecule has 160 valence electrons. The summed E-state index contributed by atoms with van der Waals surface area (Å²) in [5, 5.41) is 12.8. The van der Waals surface area contributed by atoms with Crippen LogP contribution in [-0.4, -0.2) is 48.2 Å². The van der Waals surface area contributed by atoms with Gasteiger partial charge in [0, 0.05) is 25.0 Å². The highest BCUT2D eigenvalue weighted by atomic mass is 19.1. The zero-order chi connectivity index (χ0) is 21.0. The molecular weight excluding hydrogens is 379 g/mol. The fourth-order valence-corrected chi connectivity index (χ4v) is 4.79. The van der Waals surface area contributed by atoms with E-state index < -0.39 is 5.97 Å². The quantitative estimate of drug-likeness (QED) is 0.654. The van der Waals surface area contributed by atoms with E-state index in [0.29, 0.717) is 18.5 Å². The lowest BCUT2D eigenvalue weighted by Gasteiger charge is -2.42. The standard InChI is InChI=1S/C25H31FN2O2/c26-21-8-6-19(7-9-21)17-25(11-14-28(15-12-25)13-10-24(29)30)18-27-23-16-22(23)20-4-2-1-3-5-20/h1-9,22-23,27H,10-18H2,(H,29,30). The van der Waals surface area contributed by atoms with E-state index in [1.165, 1.54) is 17.5 Å². The molecule has 1 heterocycles. The number of likely N-dealkylation sites (tertiary alicyclic amines) is 1. The maximum atomic E-state index is 13.4. The Hall–Kier alpha value is -2.24. The second-order valence-electron chi connectivity index (χ2n) is 9.03. The van der Waals surface area contributed by atoms with Crippen molar-refractivity contribution >= 4 is 5.97 Å². The molecule has 2 aromatic carbocycles. The van der Waals surface area contributed by atoms with E-state index in [4.69, 9.17) is 5.11 Å². The van der Waals surface area contributed by atoms with E-state index >= 15 is 0 Å². The summed E-state index contributed by atoms with van der Waals surface area (Å²) in [4.78, 5) is 13.2. The molecule has 1 saturated heterocycles. The van der Waals surface area contributed by atoms with Crippen LogP contribution in [0.2, 0.25) is 0 Å². The topological polar surface area (TPSA) is 52.6 Å². The fraction of sp³-hybridized carbons (Fsp3) is 0.480. The van der Waals surface area contributed by atoms with Gasteiger partial charge in [-0.1, -0.05) is 42.5 Å². The number of carbonyl (C=O) groups is 1. The number of nitrogens with one attached hydrogen (secondary N) is 1. The highest BCUT2D eigenvalue weighted by molar-refractivity contribution is 5.66. The first-order chi connectivity index (χ1) is 14.5. The molecule has 2 atom stereocenters. The molecule has 0 spiro atoms.